The Morgan fingerprint density at radius 1 is 1.12 bits per heavy atom. The summed E-state index contributed by atoms with van der Waals surface area (Å²) >= 11 is 0. The van der Waals surface area contributed by atoms with Crippen molar-refractivity contribution in [1.82, 2.24) is 4.72 Å². The Kier molecular flexibility index (Phi) is 5.99. The summed E-state index contributed by atoms with van der Waals surface area (Å²) in [5.74, 6) is 0. The van der Waals surface area contributed by atoms with E-state index < -0.39 is 16.1 Å². The van der Waals surface area contributed by atoms with E-state index in [0.717, 1.165) is 16.8 Å². The average molecular weight is 348 g/mol. The van der Waals surface area contributed by atoms with E-state index in [-0.39, 0.29) is 11.5 Å². The molecule has 6 heteroatoms. The van der Waals surface area contributed by atoms with E-state index in [2.05, 4.69) is 4.72 Å². The molecule has 1 atom stereocenters. The number of benzene rings is 2. The van der Waals surface area contributed by atoms with Crippen molar-refractivity contribution >= 4 is 15.7 Å². The van der Waals surface area contributed by atoms with Crippen LogP contribution in [0.2, 0.25) is 0 Å². The normalized spacial score (nSPS) is 12.8. The van der Waals surface area contributed by atoms with Crippen LogP contribution in [0.5, 0.6) is 0 Å². The molecule has 0 saturated heterocycles. The summed E-state index contributed by atoms with van der Waals surface area (Å²) in [5, 5.41) is 9.28. The van der Waals surface area contributed by atoms with Crippen molar-refractivity contribution in [2.24, 2.45) is 0 Å². The van der Waals surface area contributed by atoms with Crippen LogP contribution >= 0.6 is 0 Å². The Balaban J connectivity index is 2.34. The first kappa shape index (κ1) is 18.4. The summed E-state index contributed by atoms with van der Waals surface area (Å²) in [7, 11) is 0.0689. The molecule has 2 aromatic carbocycles. The molecule has 0 aliphatic heterocycles. The summed E-state index contributed by atoms with van der Waals surface area (Å²) in [6.45, 7) is 1.84. The minimum Gasteiger partial charge on any atom is -0.396 e. The fourth-order valence-corrected chi connectivity index (χ4v) is 3.88. The molecular weight excluding hydrogens is 324 g/mol. The van der Waals surface area contributed by atoms with Gasteiger partial charge in [-0.25, -0.2) is 13.1 Å². The van der Waals surface area contributed by atoms with Crippen LogP contribution in [-0.4, -0.2) is 34.2 Å². The molecule has 130 valence electrons. The van der Waals surface area contributed by atoms with Gasteiger partial charge >= 0.3 is 0 Å². The van der Waals surface area contributed by atoms with E-state index in [1.165, 1.54) is 0 Å². The van der Waals surface area contributed by atoms with Crippen molar-refractivity contribution in [1.29, 1.82) is 0 Å². The van der Waals surface area contributed by atoms with Crippen molar-refractivity contribution in [3.05, 3.63) is 59.7 Å². The number of hydrogen-bond acceptors (Lipinski definition) is 4. The molecule has 2 N–H and O–H groups in total. The highest BCUT2D eigenvalue weighted by atomic mass is 32.2. The molecule has 0 amide bonds. The molecule has 0 spiro atoms. The van der Waals surface area contributed by atoms with Gasteiger partial charge in [0.2, 0.25) is 10.0 Å². The first-order valence-electron chi connectivity index (χ1n) is 7.81. The van der Waals surface area contributed by atoms with Gasteiger partial charge < -0.3 is 10.0 Å². The molecule has 2 aromatic rings. The Labute approximate surface area is 144 Å². The fraction of sp³-hybridized carbons (Fsp3) is 0.333. The molecule has 0 bridgehead atoms. The molecule has 0 fully saturated rings. The Morgan fingerprint density at radius 3 is 2.38 bits per heavy atom. The Morgan fingerprint density at radius 2 is 1.79 bits per heavy atom. The predicted molar refractivity (Wildman–Crippen MR) is 96.7 cm³/mol. The van der Waals surface area contributed by atoms with Gasteiger partial charge in [-0.15, -0.1) is 0 Å². The Hall–Kier alpha value is -1.89. The van der Waals surface area contributed by atoms with Gasteiger partial charge in [-0.05, 0) is 36.6 Å². The lowest BCUT2D eigenvalue weighted by atomic mass is 10.1. The summed E-state index contributed by atoms with van der Waals surface area (Å²) in [6, 6.07) is 13.9. The lowest BCUT2D eigenvalue weighted by Gasteiger charge is -2.20. The van der Waals surface area contributed by atoms with E-state index in [1.54, 1.807) is 18.2 Å². The van der Waals surface area contributed by atoms with Gasteiger partial charge in [0.05, 0.1) is 4.90 Å². The summed E-state index contributed by atoms with van der Waals surface area (Å²) in [4.78, 5) is 2.10. The van der Waals surface area contributed by atoms with Crippen molar-refractivity contribution in [3.8, 4) is 0 Å². The molecule has 2 rings (SSSR count). The number of anilines is 1. The van der Waals surface area contributed by atoms with Gasteiger partial charge in [-0.3, -0.25) is 0 Å². The van der Waals surface area contributed by atoms with Crippen LogP contribution in [0.4, 0.5) is 5.69 Å². The second-order valence-electron chi connectivity index (χ2n) is 5.94. The van der Waals surface area contributed by atoms with Crippen molar-refractivity contribution in [3.63, 3.8) is 0 Å². The molecule has 24 heavy (non-hydrogen) atoms. The Bertz CT molecular complexity index is 774. The number of rotatable bonds is 7. The fourth-order valence-electron chi connectivity index (χ4n) is 2.60. The lowest BCUT2D eigenvalue weighted by molar-refractivity contribution is 0.272. The summed E-state index contributed by atoms with van der Waals surface area (Å²) < 4.78 is 28.2. The molecule has 0 radical (unpaired) electrons. The topological polar surface area (TPSA) is 69.6 Å². The van der Waals surface area contributed by atoms with E-state index in [4.69, 9.17) is 0 Å². The average Bonchev–Trinajstić information content (AvgIpc) is 2.55. The second kappa shape index (κ2) is 7.79. The SMILES string of the molecule is Cc1ccc(S(=O)(=O)N[C@H](CCO)c2ccccc2)cc1N(C)C. The van der Waals surface area contributed by atoms with Crippen LogP contribution < -0.4 is 9.62 Å². The van der Waals surface area contributed by atoms with Crippen LogP contribution in [0.25, 0.3) is 0 Å². The van der Waals surface area contributed by atoms with Crippen LogP contribution in [0.15, 0.2) is 53.4 Å². The third kappa shape index (κ3) is 4.35. The molecule has 0 aliphatic rings. The molecule has 0 aromatic heterocycles. The van der Waals surface area contributed by atoms with Crippen LogP contribution in [-0.2, 0) is 10.0 Å². The third-order valence-corrected chi connectivity index (χ3v) is 5.36. The molecule has 0 aliphatic carbocycles. The number of aliphatic hydroxyl groups excluding tert-OH is 1. The number of nitrogens with one attached hydrogen (secondary N) is 1. The number of nitrogens with zero attached hydrogens (tertiary/aromatic N) is 1. The molecule has 5 nitrogen and oxygen atoms in total. The van der Waals surface area contributed by atoms with Gasteiger partial charge in [0.25, 0.3) is 0 Å². The summed E-state index contributed by atoms with van der Waals surface area (Å²) in [6.07, 6.45) is 0.315. The first-order chi connectivity index (χ1) is 11.3. The number of aryl methyl sites for hydroxylation is 1. The zero-order valence-corrected chi connectivity index (χ0v) is 15.0. The largest absolute Gasteiger partial charge is 0.396 e. The first-order valence-corrected chi connectivity index (χ1v) is 9.29. The molecule has 0 heterocycles. The number of aliphatic hydroxyl groups is 1. The van der Waals surface area contributed by atoms with Gasteiger partial charge in [0.1, 0.15) is 0 Å². The second-order valence-corrected chi connectivity index (χ2v) is 7.65. The number of hydrogen-bond donors (Lipinski definition) is 2. The van der Waals surface area contributed by atoms with Crippen LogP contribution in [0.3, 0.4) is 0 Å². The molecule has 0 saturated carbocycles. The highest BCUT2D eigenvalue weighted by molar-refractivity contribution is 7.89. The van der Waals surface area contributed by atoms with Crippen molar-refractivity contribution in [2.75, 3.05) is 25.6 Å². The molecule has 0 unspecified atom stereocenters. The van der Waals surface area contributed by atoms with E-state index >= 15 is 0 Å². The van der Waals surface area contributed by atoms with Crippen molar-refractivity contribution < 1.29 is 13.5 Å². The maximum Gasteiger partial charge on any atom is 0.241 e. The van der Waals surface area contributed by atoms with Gasteiger partial charge in [-0.2, -0.15) is 0 Å². The molecular formula is C18H24N2O3S. The quantitative estimate of drug-likeness (QED) is 0.806. The minimum absolute atomic E-state index is 0.0983. The predicted octanol–water partition coefficient (Wildman–Crippen LogP) is 2.46. The monoisotopic (exact) mass is 348 g/mol. The van der Waals surface area contributed by atoms with E-state index in [0.29, 0.717) is 6.42 Å². The highest BCUT2D eigenvalue weighted by Gasteiger charge is 2.22. The van der Waals surface area contributed by atoms with E-state index in [9.17, 15) is 13.5 Å². The van der Waals surface area contributed by atoms with Gasteiger partial charge in [0, 0.05) is 32.4 Å². The van der Waals surface area contributed by atoms with Crippen LogP contribution in [0, 0.1) is 6.92 Å². The zero-order chi connectivity index (χ0) is 17.7. The zero-order valence-electron chi connectivity index (χ0n) is 14.2. The summed E-state index contributed by atoms with van der Waals surface area (Å²) in [5.41, 5.74) is 2.69. The highest BCUT2D eigenvalue weighted by Crippen LogP contribution is 2.25. The van der Waals surface area contributed by atoms with Crippen molar-refractivity contribution in [2.45, 2.75) is 24.3 Å². The lowest BCUT2D eigenvalue weighted by Crippen LogP contribution is -2.29. The van der Waals surface area contributed by atoms with Gasteiger partial charge in [-0.1, -0.05) is 36.4 Å². The third-order valence-electron chi connectivity index (χ3n) is 3.89. The van der Waals surface area contributed by atoms with E-state index in [1.807, 2.05) is 56.3 Å². The maximum absolute atomic E-state index is 12.8. The maximum atomic E-state index is 12.8. The minimum atomic E-state index is -3.69. The van der Waals surface area contributed by atoms with Gasteiger partial charge in [0.15, 0.2) is 0 Å². The smallest absolute Gasteiger partial charge is 0.241 e. The number of sulfonamides is 1. The van der Waals surface area contributed by atoms with Crippen LogP contribution in [0.1, 0.15) is 23.6 Å². The standard InChI is InChI=1S/C18H24N2O3S/c1-14-9-10-16(13-18(14)20(2)3)24(22,23)19-17(11-12-21)15-7-5-4-6-8-15/h4-10,13,17,19,21H,11-12H2,1-3H3/t17-/m1/s1.